The maximum atomic E-state index is 2.36. The zero-order chi connectivity index (χ0) is 11.1. The summed E-state index contributed by atoms with van der Waals surface area (Å²) in [5, 5.41) is 0. The van der Waals surface area contributed by atoms with Crippen LogP contribution in [0.2, 0.25) is 0 Å². The first-order valence-corrected chi connectivity index (χ1v) is 5.84. The van der Waals surface area contributed by atoms with Gasteiger partial charge < -0.3 is 0 Å². The Morgan fingerprint density at radius 2 is 1.50 bits per heavy atom. The van der Waals surface area contributed by atoms with Crippen molar-refractivity contribution in [3.8, 4) is 0 Å². The van der Waals surface area contributed by atoms with Gasteiger partial charge in [-0.15, -0.1) is 24.8 Å². The molecule has 0 amide bonds. The molecule has 1 unspecified atom stereocenters. The average Bonchev–Trinajstić information content (AvgIpc) is 2.21. The summed E-state index contributed by atoms with van der Waals surface area (Å²) in [6.45, 7) is 10.2. The van der Waals surface area contributed by atoms with Crippen molar-refractivity contribution in [1.29, 1.82) is 0 Å². The van der Waals surface area contributed by atoms with Gasteiger partial charge in [0.05, 0.1) is 0 Å². The van der Waals surface area contributed by atoms with Gasteiger partial charge in [-0.05, 0) is 0 Å². The summed E-state index contributed by atoms with van der Waals surface area (Å²) in [4.78, 5) is 2.28. The molecular formula is C12H22Cl2NTi. The molecule has 0 spiro atoms. The molecule has 0 aromatic rings. The first-order chi connectivity index (χ1) is 6.30. The van der Waals surface area contributed by atoms with E-state index >= 15 is 0 Å². The van der Waals surface area contributed by atoms with Gasteiger partial charge in [0.25, 0.3) is 0 Å². The number of hydrogen-bond donors (Lipinski definition) is 0. The molecule has 0 saturated carbocycles. The van der Waals surface area contributed by atoms with Gasteiger partial charge in [-0.1, -0.05) is 0 Å². The minimum Gasteiger partial charge on any atom is -0.147 e. The molecule has 0 heterocycles. The Morgan fingerprint density at radius 1 is 1.06 bits per heavy atom. The van der Waals surface area contributed by atoms with Crippen molar-refractivity contribution >= 4 is 24.8 Å². The van der Waals surface area contributed by atoms with Crippen molar-refractivity contribution < 1.29 is 20.4 Å². The van der Waals surface area contributed by atoms with Crippen LogP contribution in [-0.4, -0.2) is 25.5 Å². The Morgan fingerprint density at radius 3 is 1.75 bits per heavy atom. The summed E-state index contributed by atoms with van der Waals surface area (Å²) >= 11 is 2.28. The molecule has 93 valence electrons. The van der Waals surface area contributed by atoms with Crippen LogP contribution in [-0.2, 0) is 20.4 Å². The standard InChI is InChI=1S/C12H20N.2ClH.Ti/c1-9-7-12(4,8-13(5)6)11(3)10(9)2;;;/h8H2,1-6H3;2*1H;. The third-order valence-electron chi connectivity index (χ3n) is 3.51. The van der Waals surface area contributed by atoms with E-state index in [1.54, 1.807) is 9.45 Å². The van der Waals surface area contributed by atoms with Crippen LogP contribution in [0.15, 0.2) is 20.6 Å². The van der Waals surface area contributed by atoms with Gasteiger partial charge in [0.1, 0.15) is 0 Å². The molecule has 0 bridgehead atoms. The van der Waals surface area contributed by atoms with Crippen LogP contribution in [0.25, 0.3) is 0 Å². The third kappa shape index (κ3) is 3.14. The molecule has 0 aliphatic heterocycles. The van der Waals surface area contributed by atoms with Crippen molar-refractivity contribution in [2.75, 3.05) is 20.6 Å². The second kappa shape index (κ2) is 6.61. The Bertz CT molecular complexity index is 295. The van der Waals surface area contributed by atoms with E-state index in [4.69, 9.17) is 0 Å². The van der Waals surface area contributed by atoms with Gasteiger partial charge in [0, 0.05) is 0 Å². The Labute approximate surface area is 124 Å². The third-order valence-corrected chi connectivity index (χ3v) is 4.96. The number of nitrogens with zero attached hydrogens (tertiary/aromatic N) is 1. The van der Waals surface area contributed by atoms with E-state index in [1.807, 2.05) is 0 Å². The van der Waals surface area contributed by atoms with Gasteiger partial charge >= 0.3 is 99.7 Å². The molecule has 1 rings (SSSR count). The molecule has 0 fully saturated rings. The van der Waals surface area contributed by atoms with Crippen LogP contribution in [0, 0.1) is 5.41 Å². The Hall–Kier alpha value is 0.734. The maximum Gasteiger partial charge on any atom is -0.147 e. The van der Waals surface area contributed by atoms with Crippen molar-refractivity contribution in [2.45, 2.75) is 27.7 Å². The molecule has 1 nitrogen and oxygen atoms in total. The van der Waals surface area contributed by atoms with Crippen LogP contribution in [0.1, 0.15) is 27.7 Å². The van der Waals surface area contributed by atoms with E-state index in [9.17, 15) is 0 Å². The van der Waals surface area contributed by atoms with Crippen LogP contribution in [0.3, 0.4) is 0 Å². The molecule has 0 radical (unpaired) electrons. The number of allylic oxidation sites excluding steroid dienone is 2. The zero-order valence-corrected chi connectivity index (χ0v) is 14.2. The molecule has 1 atom stereocenters. The van der Waals surface area contributed by atoms with Gasteiger partial charge in [-0.25, -0.2) is 0 Å². The van der Waals surface area contributed by atoms with E-state index in [2.05, 4.69) is 67.1 Å². The van der Waals surface area contributed by atoms with Crippen LogP contribution < -0.4 is 0 Å². The zero-order valence-electron chi connectivity index (χ0n) is 11.0. The number of hydrogen-bond acceptors (Lipinski definition) is 1. The van der Waals surface area contributed by atoms with Gasteiger partial charge in [0.15, 0.2) is 0 Å². The van der Waals surface area contributed by atoms with Gasteiger partial charge in [0.2, 0.25) is 0 Å². The predicted molar refractivity (Wildman–Crippen MR) is 72.2 cm³/mol. The molecule has 1 aliphatic rings. The molecule has 0 saturated heterocycles. The second-order valence-corrected chi connectivity index (χ2v) is 5.60. The fourth-order valence-electron chi connectivity index (χ4n) is 2.31. The monoisotopic (exact) mass is 298 g/mol. The number of halogens is 2. The van der Waals surface area contributed by atoms with E-state index in [1.165, 1.54) is 11.1 Å². The first-order valence-electron chi connectivity index (χ1n) is 5.06. The molecule has 16 heavy (non-hydrogen) atoms. The fraction of sp³-hybridized carbons (Fsp3) is 0.667. The summed E-state index contributed by atoms with van der Waals surface area (Å²) in [5.41, 5.74) is 4.79. The topological polar surface area (TPSA) is 3.24 Å². The summed E-state index contributed by atoms with van der Waals surface area (Å²) in [5.74, 6) is 0. The molecule has 0 aromatic carbocycles. The van der Waals surface area contributed by atoms with E-state index in [0.29, 0.717) is 0 Å². The van der Waals surface area contributed by atoms with Crippen LogP contribution in [0.4, 0.5) is 0 Å². The van der Waals surface area contributed by atoms with Crippen LogP contribution >= 0.6 is 24.8 Å². The summed E-state index contributed by atoms with van der Waals surface area (Å²) in [6, 6.07) is 0. The first kappa shape index (κ1) is 19.1. The van der Waals surface area contributed by atoms with E-state index < -0.39 is 0 Å². The SMILES string of the molecule is CC1=C(C)C(C)(CN(C)C)[C]([Ti])=C1C.Cl.Cl. The number of rotatable bonds is 2. The molecule has 0 aromatic heterocycles. The van der Waals surface area contributed by atoms with Crippen molar-refractivity contribution in [1.82, 2.24) is 4.90 Å². The summed E-state index contributed by atoms with van der Waals surface area (Å²) in [7, 11) is 4.30. The van der Waals surface area contributed by atoms with Gasteiger partial charge in [-0.2, -0.15) is 0 Å². The molecule has 0 N–H and O–H groups in total. The average molecular weight is 299 g/mol. The molecular weight excluding hydrogens is 277 g/mol. The van der Waals surface area contributed by atoms with Crippen molar-refractivity contribution in [3.05, 3.63) is 20.6 Å². The van der Waals surface area contributed by atoms with Crippen molar-refractivity contribution in [3.63, 3.8) is 0 Å². The smallest absolute Gasteiger partial charge is 0.147 e. The Balaban J connectivity index is 0. The van der Waals surface area contributed by atoms with Gasteiger partial charge in [-0.3, -0.25) is 0 Å². The molecule has 4 heteroatoms. The van der Waals surface area contributed by atoms with E-state index in [-0.39, 0.29) is 30.2 Å². The minimum absolute atomic E-state index is 0. The fourth-order valence-corrected chi connectivity index (χ4v) is 3.02. The van der Waals surface area contributed by atoms with Crippen molar-refractivity contribution in [2.24, 2.45) is 5.41 Å². The maximum absolute atomic E-state index is 2.36. The molecule has 1 aliphatic carbocycles. The van der Waals surface area contributed by atoms with E-state index in [0.717, 1.165) is 6.54 Å². The normalized spacial score (nSPS) is 24.6. The van der Waals surface area contributed by atoms with Crippen LogP contribution in [0.5, 0.6) is 0 Å². The largest absolute Gasteiger partial charge is 0.147 e. The minimum atomic E-state index is 0. The summed E-state index contributed by atoms with van der Waals surface area (Å²) in [6.07, 6.45) is 0. The summed E-state index contributed by atoms with van der Waals surface area (Å²) < 4.78 is 1.54. The quantitative estimate of drug-likeness (QED) is 0.705. The predicted octanol–water partition coefficient (Wildman–Crippen LogP) is 3.57. The Kier molecular flexibility index (Phi) is 7.88. The second-order valence-electron chi connectivity index (χ2n) is 4.82.